The van der Waals surface area contributed by atoms with Gasteiger partial charge in [-0.3, -0.25) is 0 Å². The molecule has 2 aromatic rings. The molecule has 0 radical (unpaired) electrons. The van der Waals surface area contributed by atoms with Crippen molar-refractivity contribution >= 4 is 22.9 Å². The van der Waals surface area contributed by atoms with E-state index in [1.807, 2.05) is 0 Å². The predicted molar refractivity (Wildman–Crippen MR) is 57.4 cm³/mol. The number of aliphatic hydroxyl groups excluding tert-OH is 1. The second-order valence-corrected chi connectivity index (χ2v) is 4.14. The van der Waals surface area contributed by atoms with Crippen molar-refractivity contribution in [2.24, 2.45) is 0 Å². The summed E-state index contributed by atoms with van der Waals surface area (Å²) in [4.78, 5) is 0. The number of aromatic nitrogens is 2. The normalized spacial score (nSPS) is 10.3. The molecule has 0 saturated heterocycles. The minimum Gasteiger partial charge on any atom is -0.430 e. The van der Waals surface area contributed by atoms with Crippen molar-refractivity contribution in [3.8, 4) is 10.9 Å². The van der Waals surface area contributed by atoms with Crippen LogP contribution >= 0.6 is 22.9 Å². The van der Waals surface area contributed by atoms with Crippen LogP contribution in [0.5, 0.6) is 10.9 Å². The molecule has 0 aliphatic heterocycles. The molecule has 0 aliphatic rings. The van der Waals surface area contributed by atoms with Crippen molar-refractivity contribution in [1.82, 2.24) is 10.2 Å². The molecule has 78 valence electrons. The summed E-state index contributed by atoms with van der Waals surface area (Å²) in [5.41, 5.74) is 0. The largest absolute Gasteiger partial charge is 0.430 e. The van der Waals surface area contributed by atoms with Crippen LogP contribution in [0.2, 0.25) is 5.02 Å². The summed E-state index contributed by atoms with van der Waals surface area (Å²) in [5.74, 6) is 0.600. The predicted octanol–water partition coefficient (Wildman–Crippen LogP) is 2.48. The van der Waals surface area contributed by atoms with Gasteiger partial charge in [0, 0.05) is 5.02 Å². The third-order valence-electron chi connectivity index (χ3n) is 1.58. The molecule has 0 bridgehead atoms. The lowest BCUT2D eigenvalue weighted by atomic mass is 10.3. The van der Waals surface area contributed by atoms with Crippen LogP contribution in [0.1, 0.15) is 5.01 Å². The summed E-state index contributed by atoms with van der Waals surface area (Å²) in [6.07, 6.45) is 0. The molecule has 15 heavy (non-hydrogen) atoms. The maximum absolute atomic E-state index is 8.79. The van der Waals surface area contributed by atoms with Gasteiger partial charge in [-0.05, 0) is 18.2 Å². The van der Waals surface area contributed by atoms with Crippen LogP contribution in [0.25, 0.3) is 0 Å². The fourth-order valence-corrected chi connectivity index (χ4v) is 1.72. The zero-order chi connectivity index (χ0) is 10.7. The van der Waals surface area contributed by atoms with E-state index in [2.05, 4.69) is 10.2 Å². The summed E-state index contributed by atoms with van der Waals surface area (Å²) in [5, 5.41) is 17.8. The number of nitrogens with zero attached hydrogens (tertiary/aromatic N) is 2. The zero-order valence-electron chi connectivity index (χ0n) is 7.55. The quantitative estimate of drug-likeness (QED) is 0.899. The van der Waals surface area contributed by atoms with Gasteiger partial charge in [-0.1, -0.05) is 34.1 Å². The Labute approximate surface area is 95.1 Å². The standard InChI is InChI=1S/C9H7ClN2O2S/c10-6-2-1-3-7(4-6)14-9-12-11-8(5-13)15-9/h1-4,13H,5H2. The van der Waals surface area contributed by atoms with E-state index in [-0.39, 0.29) is 6.61 Å². The first-order chi connectivity index (χ1) is 7.28. The minimum absolute atomic E-state index is 0.128. The fourth-order valence-electron chi connectivity index (χ4n) is 0.975. The van der Waals surface area contributed by atoms with Crippen molar-refractivity contribution in [3.63, 3.8) is 0 Å². The Morgan fingerprint density at radius 3 is 2.93 bits per heavy atom. The van der Waals surface area contributed by atoms with Crippen LogP contribution in [0, 0.1) is 0 Å². The van der Waals surface area contributed by atoms with Crippen LogP contribution in [0.4, 0.5) is 0 Å². The molecule has 0 fully saturated rings. The molecule has 0 spiro atoms. The summed E-state index contributed by atoms with van der Waals surface area (Å²) in [6, 6.07) is 6.99. The van der Waals surface area contributed by atoms with E-state index < -0.39 is 0 Å². The first kappa shape index (κ1) is 10.4. The molecule has 1 aromatic carbocycles. The van der Waals surface area contributed by atoms with Crippen LogP contribution in [-0.4, -0.2) is 15.3 Å². The first-order valence-corrected chi connectivity index (χ1v) is 5.34. The lowest BCUT2D eigenvalue weighted by Crippen LogP contribution is -1.82. The van der Waals surface area contributed by atoms with Crippen molar-refractivity contribution in [3.05, 3.63) is 34.3 Å². The van der Waals surface area contributed by atoms with E-state index in [4.69, 9.17) is 21.4 Å². The summed E-state index contributed by atoms with van der Waals surface area (Å²) in [7, 11) is 0. The number of hydrogen-bond acceptors (Lipinski definition) is 5. The molecular formula is C9H7ClN2O2S. The Hall–Kier alpha value is -1.17. The van der Waals surface area contributed by atoms with Crippen molar-refractivity contribution < 1.29 is 9.84 Å². The Bertz CT molecular complexity index is 461. The van der Waals surface area contributed by atoms with E-state index in [1.54, 1.807) is 24.3 Å². The number of hydrogen-bond donors (Lipinski definition) is 1. The number of aliphatic hydroxyl groups is 1. The lowest BCUT2D eigenvalue weighted by molar-refractivity contribution is 0.280. The monoisotopic (exact) mass is 242 g/mol. The minimum atomic E-state index is -0.128. The van der Waals surface area contributed by atoms with Gasteiger partial charge in [-0.2, -0.15) is 0 Å². The highest BCUT2D eigenvalue weighted by Crippen LogP contribution is 2.26. The Balaban J connectivity index is 2.14. The molecule has 4 nitrogen and oxygen atoms in total. The smallest absolute Gasteiger partial charge is 0.299 e. The highest BCUT2D eigenvalue weighted by atomic mass is 35.5. The highest BCUT2D eigenvalue weighted by Gasteiger charge is 2.05. The molecule has 2 rings (SSSR count). The Kier molecular flexibility index (Phi) is 3.15. The number of halogens is 1. The lowest BCUT2D eigenvalue weighted by Gasteiger charge is -1.99. The Morgan fingerprint density at radius 1 is 1.40 bits per heavy atom. The molecule has 1 N–H and O–H groups in total. The van der Waals surface area contributed by atoms with Gasteiger partial charge < -0.3 is 9.84 Å². The van der Waals surface area contributed by atoms with E-state index in [9.17, 15) is 0 Å². The van der Waals surface area contributed by atoms with E-state index in [0.29, 0.717) is 21.0 Å². The molecule has 0 saturated carbocycles. The molecule has 0 atom stereocenters. The average Bonchev–Trinajstić information content (AvgIpc) is 2.65. The highest BCUT2D eigenvalue weighted by molar-refractivity contribution is 7.13. The third kappa shape index (κ3) is 2.65. The molecule has 0 unspecified atom stereocenters. The second-order valence-electron chi connectivity index (χ2n) is 2.68. The maximum Gasteiger partial charge on any atom is 0.299 e. The van der Waals surface area contributed by atoms with Gasteiger partial charge in [0.2, 0.25) is 0 Å². The average molecular weight is 243 g/mol. The third-order valence-corrected chi connectivity index (χ3v) is 2.61. The van der Waals surface area contributed by atoms with E-state index in [1.165, 1.54) is 11.3 Å². The van der Waals surface area contributed by atoms with Gasteiger partial charge in [0.05, 0.1) is 6.61 Å². The Morgan fingerprint density at radius 2 is 2.27 bits per heavy atom. The topological polar surface area (TPSA) is 55.2 Å². The molecule has 1 aromatic heterocycles. The number of ether oxygens (including phenoxy) is 1. The molecule has 0 aliphatic carbocycles. The number of benzene rings is 1. The molecule has 6 heteroatoms. The van der Waals surface area contributed by atoms with Gasteiger partial charge in [-0.15, -0.1) is 5.10 Å². The van der Waals surface area contributed by atoms with E-state index >= 15 is 0 Å². The fraction of sp³-hybridized carbons (Fsp3) is 0.111. The second kappa shape index (κ2) is 4.57. The van der Waals surface area contributed by atoms with Gasteiger partial charge in [0.1, 0.15) is 10.8 Å². The van der Waals surface area contributed by atoms with Crippen molar-refractivity contribution in [1.29, 1.82) is 0 Å². The summed E-state index contributed by atoms with van der Waals surface area (Å²) >= 11 is 6.99. The van der Waals surface area contributed by atoms with Crippen molar-refractivity contribution in [2.75, 3.05) is 0 Å². The van der Waals surface area contributed by atoms with Crippen molar-refractivity contribution in [2.45, 2.75) is 6.61 Å². The van der Waals surface area contributed by atoms with Gasteiger partial charge in [0.25, 0.3) is 5.19 Å². The number of rotatable bonds is 3. The van der Waals surface area contributed by atoms with Gasteiger partial charge in [-0.25, -0.2) is 0 Å². The maximum atomic E-state index is 8.79. The molecular weight excluding hydrogens is 236 g/mol. The van der Waals surface area contributed by atoms with Crippen LogP contribution in [0.3, 0.4) is 0 Å². The SMILES string of the molecule is OCc1nnc(Oc2cccc(Cl)c2)s1. The van der Waals surface area contributed by atoms with Crippen LogP contribution < -0.4 is 4.74 Å². The molecule has 0 amide bonds. The van der Waals surface area contributed by atoms with Gasteiger partial charge in [0.15, 0.2) is 0 Å². The van der Waals surface area contributed by atoms with Crippen LogP contribution in [0.15, 0.2) is 24.3 Å². The summed E-state index contributed by atoms with van der Waals surface area (Å²) < 4.78 is 5.39. The first-order valence-electron chi connectivity index (χ1n) is 4.14. The molecule has 1 heterocycles. The van der Waals surface area contributed by atoms with Gasteiger partial charge >= 0.3 is 0 Å². The summed E-state index contributed by atoms with van der Waals surface area (Å²) in [6.45, 7) is -0.128. The van der Waals surface area contributed by atoms with E-state index in [0.717, 1.165) is 0 Å². The van der Waals surface area contributed by atoms with Crippen LogP contribution in [-0.2, 0) is 6.61 Å². The zero-order valence-corrected chi connectivity index (χ0v) is 9.13.